The van der Waals surface area contributed by atoms with Crippen molar-refractivity contribution in [3.63, 3.8) is 0 Å². The van der Waals surface area contributed by atoms with Gasteiger partial charge in [0.25, 0.3) is 0 Å². The molecule has 190 valence electrons. The minimum Gasteiger partial charge on any atom is -0.456 e. The highest BCUT2D eigenvalue weighted by Gasteiger charge is 2.71. The number of ether oxygens (including phenoxy) is 1. The number of hydrogen-bond acceptors (Lipinski definition) is 4. The molecule has 4 aliphatic carbocycles. The molecule has 1 unspecified atom stereocenters. The van der Waals surface area contributed by atoms with Gasteiger partial charge < -0.3 is 9.84 Å². The molecular weight excluding hydrogens is 424 g/mol. The molecule has 5 rings (SSSR count). The molecule has 5 fully saturated rings. The number of rotatable bonds is 2. The summed E-state index contributed by atoms with van der Waals surface area (Å²) in [5.74, 6) is 1.42. The minimum atomic E-state index is -1.36. The van der Waals surface area contributed by atoms with Crippen molar-refractivity contribution in [3.05, 3.63) is 11.6 Å². The summed E-state index contributed by atoms with van der Waals surface area (Å²) < 4.78 is 5.67. The molecule has 9 atom stereocenters. The van der Waals surface area contributed by atoms with Crippen LogP contribution < -0.4 is 0 Å². The molecule has 4 heteroatoms. The predicted molar refractivity (Wildman–Crippen MR) is 133 cm³/mol. The van der Waals surface area contributed by atoms with Gasteiger partial charge in [0.05, 0.1) is 0 Å². The third-order valence-electron chi connectivity index (χ3n) is 12.4. The van der Waals surface area contributed by atoms with Gasteiger partial charge in [-0.05, 0) is 98.9 Å². The molecule has 0 aromatic heterocycles. The second-order valence-corrected chi connectivity index (χ2v) is 14.3. The van der Waals surface area contributed by atoms with Gasteiger partial charge in [-0.15, -0.1) is 0 Å². The topological polar surface area (TPSA) is 63.6 Å². The fraction of sp³-hybridized carbons (Fsp3) is 0.867. The lowest BCUT2D eigenvalue weighted by Crippen LogP contribution is -2.63. The maximum Gasteiger partial charge on any atom is 0.339 e. The maximum absolute atomic E-state index is 13.0. The monoisotopic (exact) mass is 470 g/mol. The molecular formula is C30H46O4. The second kappa shape index (κ2) is 7.43. The Hall–Kier alpha value is -1.16. The van der Waals surface area contributed by atoms with Crippen LogP contribution in [0.4, 0.5) is 0 Å². The molecule has 1 aliphatic heterocycles. The van der Waals surface area contributed by atoms with Crippen molar-refractivity contribution in [3.8, 4) is 0 Å². The van der Waals surface area contributed by atoms with Crippen LogP contribution in [0.1, 0.15) is 106 Å². The number of cyclic esters (lactones) is 1. The Labute approximate surface area is 206 Å². The van der Waals surface area contributed by atoms with E-state index in [0.29, 0.717) is 36.4 Å². The number of esters is 1. The van der Waals surface area contributed by atoms with E-state index in [0.717, 1.165) is 50.5 Å². The Kier molecular flexibility index (Phi) is 5.36. The molecule has 1 saturated heterocycles. The molecule has 0 spiro atoms. The Bertz CT molecular complexity index is 930. The number of Topliss-reactive ketones (excluding diaryl/α,β-unsaturated/α-hetero) is 1. The summed E-state index contributed by atoms with van der Waals surface area (Å²) in [7, 11) is 0. The van der Waals surface area contributed by atoms with E-state index in [1.165, 1.54) is 0 Å². The first-order valence-electron chi connectivity index (χ1n) is 13.8. The highest BCUT2D eigenvalue weighted by Crippen LogP contribution is 2.75. The van der Waals surface area contributed by atoms with Gasteiger partial charge in [-0.25, -0.2) is 4.79 Å². The van der Waals surface area contributed by atoms with Crippen LogP contribution in [0, 0.1) is 45.3 Å². The number of fused-ring (bicyclic) bond motifs is 5. The minimum absolute atomic E-state index is 0.0201. The summed E-state index contributed by atoms with van der Waals surface area (Å²) in [6, 6.07) is 0. The van der Waals surface area contributed by atoms with Crippen LogP contribution in [-0.4, -0.2) is 28.6 Å². The van der Waals surface area contributed by atoms with Gasteiger partial charge in [-0.3, -0.25) is 4.79 Å². The third-order valence-corrected chi connectivity index (χ3v) is 12.4. The van der Waals surface area contributed by atoms with Crippen molar-refractivity contribution in [1.29, 1.82) is 0 Å². The molecule has 4 nitrogen and oxygen atoms in total. The quantitative estimate of drug-likeness (QED) is 0.382. The van der Waals surface area contributed by atoms with Gasteiger partial charge >= 0.3 is 5.97 Å². The number of allylic oxidation sites excluding steroid dienone is 1. The fourth-order valence-corrected chi connectivity index (χ4v) is 10.6. The average Bonchev–Trinajstić information content (AvgIpc) is 3.22. The van der Waals surface area contributed by atoms with E-state index in [2.05, 4.69) is 34.6 Å². The van der Waals surface area contributed by atoms with Crippen LogP contribution >= 0.6 is 0 Å². The molecule has 4 saturated carbocycles. The van der Waals surface area contributed by atoms with Crippen molar-refractivity contribution in [2.24, 2.45) is 45.3 Å². The Morgan fingerprint density at radius 2 is 1.56 bits per heavy atom. The van der Waals surface area contributed by atoms with Gasteiger partial charge in [0.1, 0.15) is 11.9 Å². The molecule has 0 aromatic carbocycles. The van der Waals surface area contributed by atoms with E-state index in [1.54, 1.807) is 0 Å². The van der Waals surface area contributed by atoms with Gasteiger partial charge in [-0.1, -0.05) is 40.2 Å². The highest BCUT2D eigenvalue weighted by atomic mass is 16.6. The van der Waals surface area contributed by atoms with Crippen LogP contribution in [0.25, 0.3) is 0 Å². The summed E-state index contributed by atoms with van der Waals surface area (Å²) in [4.78, 5) is 25.9. The first-order chi connectivity index (χ1) is 15.7. The first-order valence-corrected chi connectivity index (χ1v) is 13.8. The summed E-state index contributed by atoms with van der Waals surface area (Å²) in [5, 5.41) is 11.8. The Balaban J connectivity index is 1.46. The van der Waals surface area contributed by atoms with E-state index in [9.17, 15) is 14.7 Å². The smallest absolute Gasteiger partial charge is 0.339 e. The van der Waals surface area contributed by atoms with Crippen LogP contribution in [0.15, 0.2) is 11.6 Å². The van der Waals surface area contributed by atoms with E-state index in [4.69, 9.17) is 4.74 Å². The zero-order chi connectivity index (χ0) is 24.9. The largest absolute Gasteiger partial charge is 0.456 e. The lowest BCUT2D eigenvalue weighted by molar-refractivity contribution is -0.207. The van der Waals surface area contributed by atoms with Crippen molar-refractivity contribution < 1.29 is 19.4 Å². The maximum atomic E-state index is 13.0. The Morgan fingerprint density at radius 3 is 2.24 bits per heavy atom. The summed E-state index contributed by atoms with van der Waals surface area (Å²) in [6.07, 6.45) is 10.3. The molecule has 0 amide bonds. The molecule has 5 aliphatic rings. The molecule has 0 aromatic rings. The SMILES string of the molecule is CC(C)=C[C@@H]1CC(O)([C@H]2CC[C@]3(C)[C@@H]2CC[C@@H]2[C@@]4(C)CCC(=O)C(C)(C)[C@@H]4CC[C@]23C)C(=O)O1. The standard InChI is InChI=1S/C30H46O4/c1-18(2)16-19-17-30(33,25(32)34-19)21-10-14-28(6)20(21)8-9-23-27(5)13-12-24(31)26(3,4)22(27)11-15-29(23,28)7/h16,19-23,33H,8-15,17H2,1-7H3/t19-,20-,21+,22+,23-,27+,28-,29-,30?/m1/s1. The lowest BCUT2D eigenvalue weighted by Gasteiger charge is -2.69. The van der Waals surface area contributed by atoms with Crippen molar-refractivity contribution in [1.82, 2.24) is 0 Å². The summed E-state index contributed by atoms with van der Waals surface area (Å²) in [6.45, 7) is 15.9. The van der Waals surface area contributed by atoms with Gasteiger partial charge in [0, 0.05) is 24.2 Å². The van der Waals surface area contributed by atoms with Crippen LogP contribution in [0.3, 0.4) is 0 Å². The lowest BCUT2D eigenvalue weighted by atomic mass is 9.35. The van der Waals surface area contributed by atoms with Gasteiger partial charge in [-0.2, -0.15) is 0 Å². The first kappa shape index (κ1) is 24.5. The normalized spacial score (nSPS) is 51.8. The fourth-order valence-electron chi connectivity index (χ4n) is 10.6. The van der Waals surface area contributed by atoms with Gasteiger partial charge in [0.2, 0.25) is 0 Å². The third kappa shape index (κ3) is 2.99. The number of ketones is 1. The number of carbonyl (C=O) groups excluding carboxylic acids is 2. The zero-order valence-electron chi connectivity index (χ0n) is 22.5. The van der Waals surface area contributed by atoms with E-state index in [-0.39, 0.29) is 33.7 Å². The molecule has 1 N–H and O–H groups in total. The molecule has 34 heavy (non-hydrogen) atoms. The number of aliphatic hydroxyl groups is 1. The van der Waals surface area contributed by atoms with Crippen LogP contribution in [-0.2, 0) is 14.3 Å². The highest BCUT2D eigenvalue weighted by molar-refractivity contribution is 5.85. The summed E-state index contributed by atoms with van der Waals surface area (Å²) in [5.41, 5.74) is -0.00991. The van der Waals surface area contributed by atoms with E-state index >= 15 is 0 Å². The van der Waals surface area contributed by atoms with Crippen molar-refractivity contribution >= 4 is 11.8 Å². The van der Waals surface area contributed by atoms with E-state index in [1.807, 2.05) is 19.9 Å². The number of carbonyl (C=O) groups is 2. The predicted octanol–water partition coefficient (Wildman–Crippen LogP) is 6.25. The second-order valence-electron chi connectivity index (χ2n) is 14.3. The van der Waals surface area contributed by atoms with Crippen molar-refractivity contribution in [2.75, 3.05) is 0 Å². The van der Waals surface area contributed by atoms with E-state index < -0.39 is 11.6 Å². The molecule has 0 bridgehead atoms. The Morgan fingerprint density at radius 1 is 0.882 bits per heavy atom. The van der Waals surface area contributed by atoms with Gasteiger partial charge in [0.15, 0.2) is 5.60 Å². The summed E-state index contributed by atoms with van der Waals surface area (Å²) >= 11 is 0. The van der Waals surface area contributed by atoms with Crippen molar-refractivity contribution in [2.45, 2.75) is 118 Å². The average molecular weight is 471 g/mol. The molecule has 0 radical (unpaired) electrons. The number of hydrogen-bond donors (Lipinski definition) is 1. The zero-order valence-corrected chi connectivity index (χ0v) is 22.5. The van der Waals surface area contributed by atoms with Crippen LogP contribution in [0.2, 0.25) is 0 Å². The molecule has 1 heterocycles. The van der Waals surface area contributed by atoms with Crippen LogP contribution in [0.5, 0.6) is 0 Å².